The van der Waals surface area contributed by atoms with E-state index in [-0.39, 0.29) is 31.2 Å². The second kappa shape index (κ2) is 10.4. The summed E-state index contributed by atoms with van der Waals surface area (Å²) in [5.74, 6) is 0. The van der Waals surface area contributed by atoms with Gasteiger partial charge < -0.3 is 0 Å². The van der Waals surface area contributed by atoms with E-state index >= 15 is 0 Å². The number of rotatable bonds is 0. The average Bonchev–Trinajstić information content (AvgIpc) is 0.918. The van der Waals surface area contributed by atoms with Crippen molar-refractivity contribution in [2.45, 2.75) is 0 Å². The Morgan fingerprint density at radius 1 is 1.75 bits per heavy atom. The molecule has 0 radical (unpaired) electrons. The molecule has 0 saturated heterocycles. The smallest absolute Gasteiger partial charge is 0.00366 e. The first-order chi connectivity index (χ1) is 1.41. The van der Waals surface area contributed by atoms with E-state index in [1.165, 1.54) is 0 Å². The molecule has 4 heteroatoms. The van der Waals surface area contributed by atoms with E-state index in [1.54, 1.807) is 0 Å². The van der Waals surface area contributed by atoms with E-state index in [0.29, 0.717) is 0 Å². The Hall–Kier alpha value is 0.270. The van der Waals surface area contributed by atoms with Gasteiger partial charge in [-0.3, -0.25) is 10.1 Å². The van der Waals surface area contributed by atoms with Crippen LogP contribution >= 0.6 is 0 Å². The maximum atomic E-state index is 8.12. The first-order valence-corrected chi connectivity index (χ1v) is 0.408. The van der Waals surface area contributed by atoms with Crippen molar-refractivity contribution in [3.05, 3.63) is 10.1 Å². The number of hydrogen-bond donors (Lipinski definition) is 1. The van der Waals surface area contributed by atoms with Crippen molar-refractivity contribution < 1.29 is 31.2 Å². The summed E-state index contributed by atoms with van der Waals surface area (Å²) in [5, 5.41) is 8.38. The quantitative estimate of drug-likeness (QED) is 0.304. The van der Waals surface area contributed by atoms with Crippen molar-refractivity contribution in [1.82, 2.24) is 0 Å². The molecule has 0 aliphatic rings. The van der Waals surface area contributed by atoms with Crippen molar-refractivity contribution in [3.63, 3.8) is 0 Å². The molecule has 0 unspecified atom stereocenters. The minimum Gasteiger partial charge on any atom is -0.267 e. The summed E-state index contributed by atoms with van der Waals surface area (Å²) < 4.78 is 0. The first kappa shape index (κ1) is 8.86. The fourth-order valence-corrected chi connectivity index (χ4v) is 0. The van der Waals surface area contributed by atoms with E-state index in [4.69, 9.17) is 10.1 Å². The van der Waals surface area contributed by atoms with Crippen LogP contribution < -0.4 is 5.34 Å². The van der Waals surface area contributed by atoms with Crippen LogP contribution in [0.25, 0.3) is 0 Å². The minimum atomic E-state index is 0. The van der Waals surface area contributed by atoms with Gasteiger partial charge in [-0.2, -0.15) is 0 Å². The van der Waals surface area contributed by atoms with Gasteiger partial charge in [-0.1, -0.05) is 0 Å². The molecule has 0 atom stereocenters. The largest absolute Gasteiger partial charge is 0.267 e. The molecular weight excluding hydrogens is 224 g/mol. The van der Waals surface area contributed by atoms with Crippen molar-refractivity contribution in [2.24, 2.45) is 0 Å². The molecule has 0 fully saturated rings. The third kappa shape index (κ3) is 50.2. The van der Waals surface area contributed by atoms with Gasteiger partial charge in [-0.15, -0.1) is 0 Å². The zero-order valence-corrected chi connectivity index (χ0v) is 5.41. The van der Waals surface area contributed by atoms with Gasteiger partial charge in [0, 0.05) is 31.2 Å². The summed E-state index contributed by atoms with van der Waals surface area (Å²) in [7, 11) is 0. The molecule has 4 heavy (non-hydrogen) atoms. The molecule has 0 aromatic heterocycles. The molecule has 0 spiro atoms. The van der Waals surface area contributed by atoms with E-state index in [1.807, 2.05) is 0 Å². The summed E-state index contributed by atoms with van der Waals surface area (Å²) in [6.07, 6.45) is 0. The zero-order chi connectivity index (χ0) is 2.71. The van der Waals surface area contributed by atoms with Gasteiger partial charge in [-0.25, -0.2) is 0 Å². The zero-order valence-electron chi connectivity index (χ0n) is 1.82. The van der Waals surface area contributed by atoms with Crippen LogP contribution in [0.3, 0.4) is 0 Å². The summed E-state index contributed by atoms with van der Waals surface area (Å²) in [6, 6.07) is 0. The molecule has 22 valence electrons. The van der Waals surface area contributed by atoms with Crippen LogP contribution in [0.2, 0.25) is 0 Å². The Labute approximate surface area is 41.7 Å². The second-order valence-corrected chi connectivity index (χ2v) is 0.0833. The number of nitrogens with one attached hydrogen (secondary N) is 1. The molecule has 0 aromatic rings. The minimum absolute atomic E-state index is 0. The van der Waals surface area contributed by atoms with Gasteiger partial charge in [0.25, 0.3) is 0 Å². The van der Waals surface area contributed by atoms with Gasteiger partial charge in [0.1, 0.15) is 0 Å². The van der Waals surface area contributed by atoms with Crippen LogP contribution in [0.15, 0.2) is 0 Å². The van der Waals surface area contributed by atoms with E-state index < -0.39 is 0 Å². The van der Waals surface area contributed by atoms with Crippen molar-refractivity contribution >= 4 is 0 Å². The average molecular weight is 226 g/mol. The van der Waals surface area contributed by atoms with E-state index in [9.17, 15) is 0 Å². The Morgan fingerprint density at radius 3 is 1.75 bits per heavy atom. The Balaban J connectivity index is 0. The normalized spacial score (nSPS) is 3.00. The van der Waals surface area contributed by atoms with Crippen LogP contribution in [0.1, 0.15) is 0 Å². The summed E-state index contributed by atoms with van der Waals surface area (Å²) in [6.45, 7) is 0. The van der Waals surface area contributed by atoms with Crippen molar-refractivity contribution in [3.8, 4) is 0 Å². The van der Waals surface area contributed by atoms with Gasteiger partial charge >= 0.3 is 0 Å². The molecule has 0 aliphatic heterocycles. The first-order valence-electron chi connectivity index (χ1n) is 0.408. The van der Waals surface area contributed by atoms with Gasteiger partial charge in [0.2, 0.25) is 0 Å². The van der Waals surface area contributed by atoms with Gasteiger partial charge in [0.15, 0.2) is 0 Å². The van der Waals surface area contributed by atoms with Crippen LogP contribution in [-0.2, 0) is 25.8 Å². The van der Waals surface area contributed by atoms with E-state index in [0.717, 1.165) is 0 Å². The summed E-state index contributed by atoms with van der Waals surface area (Å²) in [4.78, 5) is 8.12. The molecular formula is HHfNO2. The second-order valence-electron chi connectivity index (χ2n) is 0.0833. The molecule has 0 aromatic carbocycles. The van der Waals surface area contributed by atoms with Gasteiger partial charge in [-0.05, 0) is 0 Å². The molecule has 0 aliphatic carbocycles. The van der Waals surface area contributed by atoms with Gasteiger partial charge in [0.05, 0.1) is 0 Å². The fourth-order valence-electron chi connectivity index (χ4n) is 0. The van der Waals surface area contributed by atoms with Crippen molar-refractivity contribution in [2.75, 3.05) is 0 Å². The monoisotopic (exact) mass is 227 g/mol. The number of hydrogen-bond acceptors (Lipinski definition) is 2. The molecule has 3 nitrogen and oxygen atoms in total. The molecule has 0 bridgehead atoms. The third-order valence-electron chi connectivity index (χ3n) is 0. The Bertz CT molecular complexity index is 13.5. The molecule has 0 saturated carbocycles. The SMILES string of the molecule is O=[NH+][O-].[Hf]. The Morgan fingerprint density at radius 2 is 1.75 bits per heavy atom. The molecule has 0 amide bonds. The van der Waals surface area contributed by atoms with E-state index in [2.05, 4.69) is 0 Å². The molecule has 0 rings (SSSR count). The van der Waals surface area contributed by atoms with Crippen LogP contribution in [0.5, 0.6) is 0 Å². The van der Waals surface area contributed by atoms with Crippen LogP contribution in [0.4, 0.5) is 0 Å². The predicted octanol–water partition coefficient (Wildman–Crippen LogP) is -1.67. The van der Waals surface area contributed by atoms with Crippen molar-refractivity contribution in [1.29, 1.82) is 0 Å². The summed E-state index contributed by atoms with van der Waals surface area (Å²) in [5.41, 5.74) is 0. The summed E-state index contributed by atoms with van der Waals surface area (Å²) >= 11 is 0. The topological polar surface area (TPSA) is 54.1 Å². The standard InChI is InChI=1S/Hf.HNO2/c;2-1-3/h;1H. The molecule has 0 heterocycles. The molecule has 1 N–H and O–H groups in total. The third-order valence-corrected chi connectivity index (χ3v) is 0. The fraction of sp³-hybridized carbons (Fsp3) is 0. The Kier molecular flexibility index (Phi) is 23.1. The maximum absolute atomic E-state index is 8.12. The van der Waals surface area contributed by atoms with Crippen LogP contribution in [0, 0.1) is 10.1 Å². The van der Waals surface area contributed by atoms with Crippen LogP contribution in [-0.4, -0.2) is 0 Å². The maximum Gasteiger partial charge on any atom is 0.00366 e. The predicted molar refractivity (Wildman–Crippen MR) is 7.70 cm³/mol.